The zero-order valence-electron chi connectivity index (χ0n) is 16.3. The minimum atomic E-state index is -0.343. The molecule has 148 valence electrons. The number of aromatic nitrogens is 3. The maximum atomic E-state index is 12.2. The van der Waals surface area contributed by atoms with Gasteiger partial charge in [-0.05, 0) is 30.7 Å². The summed E-state index contributed by atoms with van der Waals surface area (Å²) in [6.45, 7) is 2.83. The summed E-state index contributed by atoms with van der Waals surface area (Å²) in [5, 5.41) is 9.51. The van der Waals surface area contributed by atoms with Gasteiger partial charge in [-0.15, -0.1) is 10.2 Å². The monoisotopic (exact) mass is 407 g/mol. The lowest BCUT2D eigenvalue weighted by Crippen LogP contribution is -2.27. The number of hydrogen-bond donors (Lipinski definition) is 0. The zero-order chi connectivity index (χ0) is 20.2. The number of hydrogen-bond acceptors (Lipinski definition) is 6. The molecule has 1 aliphatic heterocycles. The predicted octanol–water partition coefficient (Wildman–Crippen LogP) is 3.11. The number of fused-ring (bicyclic) bond motifs is 1. The highest BCUT2D eigenvalue weighted by atomic mass is 32.2. The smallest absolute Gasteiger partial charge is 0.260 e. The number of carbonyl (C=O) groups excluding carboxylic acids is 1. The van der Waals surface area contributed by atoms with Crippen molar-refractivity contribution in [2.75, 3.05) is 12.9 Å². The number of benzene rings is 1. The van der Waals surface area contributed by atoms with E-state index in [1.54, 1.807) is 7.11 Å². The van der Waals surface area contributed by atoms with Gasteiger partial charge in [0, 0.05) is 13.0 Å². The molecule has 2 aromatic rings. The number of thioether (sulfide) groups is 1. The molecule has 1 amide bonds. The first-order valence-corrected chi connectivity index (χ1v) is 10.4. The minimum absolute atomic E-state index is 0.164. The highest BCUT2D eigenvalue weighted by Crippen LogP contribution is 2.22. The summed E-state index contributed by atoms with van der Waals surface area (Å²) in [6, 6.07) is 7.94. The van der Waals surface area contributed by atoms with E-state index in [0.717, 1.165) is 34.6 Å². The quantitative estimate of drug-likeness (QED) is 0.659. The molecular formula is C21H21N5O2S. The third-order valence-corrected chi connectivity index (χ3v) is 5.69. The molecule has 0 saturated heterocycles. The molecule has 2 heterocycles. The molecule has 0 radical (unpaired) electrons. The van der Waals surface area contributed by atoms with Gasteiger partial charge in [0.05, 0.1) is 18.6 Å². The number of ether oxygens (including phenoxy) is 1. The van der Waals surface area contributed by atoms with Crippen LogP contribution in [-0.2, 0) is 17.8 Å². The molecule has 1 aromatic heterocycles. The summed E-state index contributed by atoms with van der Waals surface area (Å²) in [5.41, 5.74) is 1.89. The largest absolute Gasteiger partial charge is 0.497 e. The molecule has 1 atom stereocenters. The van der Waals surface area contributed by atoms with Crippen molar-refractivity contribution in [3.05, 3.63) is 60.0 Å². The first-order valence-electron chi connectivity index (χ1n) is 9.40. The number of carbonyl (C=O) groups is 1. The van der Waals surface area contributed by atoms with Crippen LogP contribution in [0.3, 0.4) is 0 Å². The average Bonchev–Trinajstić information content (AvgIpc) is 3.14. The molecule has 29 heavy (non-hydrogen) atoms. The third-order valence-electron chi connectivity index (χ3n) is 4.73. The van der Waals surface area contributed by atoms with E-state index in [1.807, 2.05) is 48.6 Å². The van der Waals surface area contributed by atoms with Gasteiger partial charge in [-0.1, -0.05) is 42.1 Å². The van der Waals surface area contributed by atoms with E-state index < -0.39 is 0 Å². The van der Waals surface area contributed by atoms with Crippen LogP contribution in [0.5, 0.6) is 5.75 Å². The fraction of sp³-hybridized carbons (Fsp3) is 0.286. The van der Waals surface area contributed by atoms with Crippen molar-refractivity contribution >= 4 is 29.2 Å². The van der Waals surface area contributed by atoms with Gasteiger partial charge in [0.25, 0.3) is 5.91 Å². The van der Waals surface area contributed by atoms with Crippen LogP contribution >= 0.6 is 11.8 Å². The Morgan fingerprint density at radius 1 is 1.14 bits per heavy atom. The molecule has 4 rings (SSSR count). The molecule has 0 saturated carbocycles. The van der Waals surface area contributed by atoms with Gasteiger partial charge in [0.2, 0.25) is 0 Å². The Bertz CT molecular complexity index is 1030. The lowest BCUT2D eigenvalue weighted by Gasteiger charge is -2.17. The molecular weight excluding hydrogens is 386 g/mol. The summed E-state index contributed by atoms with van der Waals surface area (Å²) in [7, 11) is 1.66. The van der Waals surface area contributed by atoms with E-state index in [-0.39, 0.29) is 11.8 Å². The van der Waals surface area contributed by atoms with Crippen LogP contribution in [0.25, 0.3) is 0 Å². The molecule has 1 aliphatic carbocycles. The summed E-state index contributed by atoms with van der Waals surface area (Å²) in [6.07, 6.45) is 8.12. The van der Waals surface area contributed by atoms with Crippen molar-refractivity contribution in [1.29, 1.82) is 0 Å². The van der Waals surface area contributed by atoms with Gasteiger partial charge in [-0.2, -0.15) is 4.99 Å². The van der Waals surface area contributed by atoms with E-state index in [1.165, 1.54) is 11.8 Å². The van der Waals surface area contributed by atoms with Gasteiger partial charge >= 0.3 is 0 Å². The van der Waals surface area contributed by atoms with E-state index in [0.29, 0.717) is 18.0 Å². The van der Waals surface area contributed by atoms with Crippen LogP contribution < -0.4 is 4.74 Å². The van der Waals surface area contributed by atoms with E-state index in [2.05, 4.69) is 31.7 Å². The number of amides is 1. The number of allylic oxidation sites excluding steroid dienone is 3. The van der Waals surface area contributed by atoms with Crippen molar-refractivity contribution in [2.24, 2.45) is 15.9 Å². The second-order valence-corrected chi connectivity index (χ2v) is 7.52. The Morgan fingerprint density at radius 2 is 1.97 bits per heavy atom. The Labute approximate surface area is 173 Å². The number of rotatable bonds is 7. The number of nitrogens with zero attached hydrogens (tertiary/aromatic N) is 5. The van der Waals surface area contributed by atoms with Gasteiger partial charge in [0.1, 0.15) is 23.3 Å². The minimum Gasteiger partial charge on any atom is -0.497 e. The number of amidine groups is 1. The fourth-order valence-electron chi connectivity index (χ4n) is 3.21. The maximum Gasteiger partial charge on any atom is 0.260 e. The summed E-state index contributed by atoms with van der Waals surface area (Å²) in [5.74, 6) is 2.21. The van der Waals surface area contributed by atoms with Gasteiger partial charge in [-0.3, -0.25) is 4.79 Å². The second-order valence-electron chi connectivity index (χ2n) is 6.58. The fourth-order valence-corrected chi connectivity index (χ4v) is 4.09. The lowest BCUT2D eigenvalue weighted by molar-refractivity contribution is -0.118. The molecule has 0 bridgehead atoms. The van der Waals surface area contributed by atoms with E-state index >= 15 is 0 Å². The average molecular weight is 407 g/mol. The van der Waals surface area contributed by atoms with Crippen LogP contribution in [0, 0.1) is 5.92 Å². The van der Waals surface area contributed by atoms with Crippen LogP contribution in [-0.4, -0.2) is 45.1 Å². The molecule has 2 aliphatic rings. The van der Waals surface area contributed by atoms with Crippen molar-refractivity contribution in [3.63, 3.8) is 0 Å². The molecule has 0 fully saturated rings. The van der Waals surface area contributed by atoms with Crippen molar-refractivity contribution in [3.8, 4) is 5.75 Å². The van der Waals surface area contributed by atoms with Gasteiger partial charge in [0.15, 0.2) is 5.16 Å². The SMILES string of the molecule is CCn1c(Cc2ccc(OC)cc2)nnc1SCC1=NC(=O)C2C=CC=CC2=N1. The van der Waals surface area contributed by atoms with Crippen molar-refractivity contribution in [1.82, 2.24) is 14.8 Å². The summed E-state index contributed by atoms with van der Waals surface area (Å²) < 4.78 is 7.29. The van der Waals surface area contributed by atoms with E-state index in [9.17, 15) is 4.79 Å². The Morgan fingerprint density at radius 3 is 2.72 bits per heavy atom. The van der Waals surface area contributed by atoms with Crippen LogP contribution in [0.1, 0.15) is 18.3 Å². The Kier molecular flexibility index (Phi) is 5.71. The lowest BCUT2D eigenvalue weighted by atomic mass is 9.97. The Hall–Kier alpha value is -3.00. The first kappa shape index (κ1) is 19.3. The third kappa shape index (κ3) is 4.22. The molecule has 7 nitrogen and oxygen atoms in total. The van der Waals surface area contributed by atoms with Crippen molar-refractivity contribution in [2.45, 2.75) is 25.0 Å². The van der Waals surface area contributed by atoms with Crippen LogP contribution in [0.4, 0.5) is 0 Å². The van der Waals surface area contributed by atoms with Gasteiger partial charge in [-0.25, -0.2) is 4.99 Å². The van der Waals surface area contributed by atoms with Crippen molar-refractivity contribution < 1.29 is 9.53 Å². The normalized spacial score (nSPS) is 17.7. The summed E-state index contributed by atoms with van der Waals surface area (Å²) >= 11 is 1.49. The highest BCUT2D eigenvalue weighted by molar-refractivity contribution is 7.99. The summed E-state index contributed by atoms with van der Waals surface area (Å²) in [4.78, 5) is 20.9. The number of methoxy groups -OCH3 is 1. The standard InChI is InChI=1S/C21H21N5O2S/c1-3-26-19(12-14-8-10-15(28-2)11-9-14)24-25-21(26)29-13-18-22-17-7-5-4-6-16(17)20(27)23-18/h4-11,16H,3,12-13H2,1-2H3. The second kappa shape index (κ2) is 8.57. The number of aliphatic imine (C=N–C) groups is 2. The molecule has 0 spiro atoms. The van der Waals surface area contributed by atoms with E-state index in [4.69, 9.17) is 4.74 Å². The Balaban J connectivity index is 1.46. The first-order chi connectivity index (χ1) is 14.2. The molecule has 8 heteroatoms. The maximum absolute atomic E-state index is 12.2. The molecule has 0 N–H and O–H groups in total. The topological polar surface area (TPSA) is 81.7 Å². The van der Waals surface area contributed by atoms with Crippen LogP contribution in [0.2, 0.25) is 0 Å². The zero-order valence-corrected chi connectivity index (χ0v) is 17.1. The predicted molar refractivity (Wildman–Crippen MR) is 114 cm³/mol. The van der Waals surface area contributed by atoms with Gasteiger partial charge < -0.3 is 9.30 Å². The molecule has 1 unspecified atom stereocenters. The highest BCUT2D eigenvalue weighted by Gasteiger charge is 2.26. The molecule has 1 aromatic carbocycles. The van der Waals surface area contributed by atoms with Crippen LogP contribution in [0.15, 0.2) is 63.7 Å².